The van der Waals surface area contributed by atoms with Crippen molar-refractivity contribution >= 4 is 5.69 Å². The molecule has 2 aromatic rings. The molecule has 1 aromatic heterocycles. The highest BCUT2D eigenvalue weighted by Crippen LogP contribution is 2.40. The van der Waals surface area contributed by atoms with Crippen LogP contribution in [0.2, 0.25) is 0 Å². The number of anilines is 1. The molecule has 21 heavy (non-hydrogen) atoms. The van der Waals surface area contributed by atoms with Crippen molar-refractivity contribution in [1.82, 2.24) is 15.3 Å². The number of nitrogens with zero attached hydrogens (tertiary/aromatic N) is 3. The van der Waals surface area contributed by atoms with E-state index in [0.717, 1.165) is 37.7 Å². The van der Waals surface area contributed by atoms with Gasteiger partial charge in [0.25, 0.3) is 0 Å². The van der Waals surface area contributed by atoms with Crippen LogP contribution in [0.4, 0.5) is 5.69 Å². The zero-order valence-electron chi connectivity index (χ0n) is 12.1. The van der Waals surface area contributed by atoms with E-state index in [9.17, 15) is 0 Å². The molecule has 0 spiro atoms. The van der Waals surface area contributed by atoms with Gasteiger partial charge in [0.05, 0.1) is 17.6 Å². The summed E-state index contributed by atoms with van der Waals surface area (Å²) in [6, 6.07) is 10.5. The van der Waals surface area contributed by atoms with Gasteiger partial charge in [-0.1, -0.05) is 30.3 Å². The van der Waals surface area contributed by atoms with Crippen LogP contribution in [-0.2, 0) is 0 Å². The van der Waals surface area contributed by atoms with Crippen molar-refractivity contribution in [3.63, 3.8) is 0 Å². The van der Waals surface area contributed by atoms with Crippen molar-refractivity contribution < 1.29 is 0 Å². The van der Waals surface area contributed by atoms with Gasteiger partial charge < -0.3 is 10.2 Å². The Morgan fingerprint density at radius 1 is 1.05 bits per heavy atom. The summed E-state index contributed by atoms with van der Waals surface area (Å²) in [5.41, 5.74) is 3.46. The summed E-state index contributed by atoms with van der Waals surface area (Å²) in [5, 5.41) is 3.40. The molecule has 0 bridgehead atoms. The lowest BCUT2D eigenvalue weighted by molar-refractivity contribution is 0.588. The topological polar surface area (TPSA) is 41.1 Å². The van der Waals surface area contributed by atoms with E-state index < -0.39 is 0 Å². The van der Waals surface area contributed by atoms with Gasteiger partial charge in [0.2, 0.25) is 0 Å². The van der Waals surface area contributed by atoms with Crippen molar-refractivity contribution in [1.29, 1.82) is 0 Å². The standard InChI is InChI=1S/C17H20N4/c1-2-4-13(5-3-1)16-15(21-10-8-18-9-11-21)12-19-17(20-16)14-6-7-14/h1-5,12,14,18H,6-11H2. The lowest BCUT2D eigenvalue weighted by Crippen LogP contribution is -2.43. The highest BCUT2D eigenvalue weighted by atomic mass is 15.2. The van der Waals surface area contributed by atoms with Gasteiger partial charge in [-0.25, -0.2) is 9.97 Å². The molecule has 1 saturated carbocycles. The molecule has 0 radical (unpaired) electrons. The molecular weight excluding hydrogens is 260 g/mol. The summed E-state index contributed by atoms with van der Waals surface area (Å²) in [5.74, 6) is 1.61. The van der Waals surface area contributed by atoms with Crippen molar-refractivity contribution in [3.05, 3.63) is 42.4 Å². The van der Waals surface area contributed by atoms with Gasteiger partial charge in [-0.3, -0.25) is 0 Å². The normalized spacial score (nSPS) is 18.8. The molecule has 2 fully saturated rings. The van der Waals surface area contributed by atoms with Crippen molar-refractivity contribution in [2.24, 2.45) is 0 Å². The maximum atomic E-state index is 4.91. The first-order chi connectivity index (χ1) is 10.4. The van der Waals surface area contributed by atoms with Gasteiger partial charge in [0.1, 0.15) is 5.82 Å². The molecule has 1 aliphatic carbocycles. The summed E-state index contributed by atoms with van der Waals surface area (Å²) in [6.45, 7) is 4.09. The van der Waals surface area contributed by atoms with Crippen LogP contribution in [0.5, 0.6) is 0 Å². The Bertz CT molecular complexity index is 616. The largest absolute Gasteiger partial charge is 0.366 e. The number of hydrogen-bond acceptors (Lipinski definition) is 4. The molecule has 1 N–H and O–H groups in total. The van der Waals surface area contributed by atoms with Gasteiger partial charge in [0, 0.05) is 37.7 Å². The summed E-state index contributed by atoms with van der Waals surface area (Å²) in [4.78, 5) is 11.9. The number of rotatable bonds is 3. The third-order valence-electron chi connectivity index (χ3n) is 4.24. The van der Waals surface area contributed by atoms with Crippen molar-refractivity contribution in [2.45, 2.75) is 18.8 Å². The average molecular weight is 280 g/mol. The summed E-state index contributed by atoms with van der Waals surface area (Å²) in [7, 11) is 0. The monoisotopic (exact) mass is 280 g/mol. The molecule has 0 atom stereocenters. The summed E-state index contributed by atoms with van der Waals surface area (Å²) >= 11 is 0. The second-order valence-corrected chi connectivity index (χ2v) is 5.84. The van der Waals surface area contributed by atoms with Gasteiger partial charge in [0.15, 0.2) is 0 Å². The smallest absolute Gasteiger partial charge is 0.132 e. The maximum Gasteiger partial charge on any atom is 0.132 e. The van der Waals surface area contributed by atoms with Crippen LogP contribution in [0.15, 0.2) is 36.5 Å². The zero-order chi connectivity index (χ0) is 14.1. The van der Waals surface area contributed by atoms with Crippen LogP contribution in [0, 0.1) is 0 Å². The van der Waals surface area contributed by atoms with E-state index in [1.165, 1.54) is 24.1 Å². The second-order valence-electron chi connectivity index (χ2n) is 5.84. The Morgan fingerprint density at radius 2 is 1.81 bits per heavy atom. The fourth-order valence-corrected chi connectivity index (χ4v) is 2.87. The fraction of sp³-hybridized carbons (Fsp3) is 0.412. The average Bonchev–Trinajstić information content (AvgIpc) is 3.41. The van der Waals surface area contributed by atoms with E-state index in [0.29, 0.717) is 5.92 Å². The molecule has 1 aliphatic heterocycles. The number of nitrogens with one attached hydrogen (secondary N) is 1. The Labute approximate surface area is 125 Å². The van der Waals surface area contributed by atoms with Gasteiger partial charge >= 0.3 is 0 Å². The van der Waals surface area contributed by atoms with Gasteiger partial charge in [-0.2, -0.15) is 0 Å². The van der Waals surface area contributed by atoms with Crippen LogP contribution in [0.3, 0.4) is 0 Å². The predicted molar refractivity (Wildman–Crippen MR) is 84.5 cm³/mol. The minimum atomic E-state index is 0.588. The summed E-state index contributed by atoms with van der Waals surface area (Å²) < 4.78 is 0. The third-order valence-corrected chi connectivity index (χ3v) is 4.24. The Balaban J connectivity index is 1.77. The number of piperazine rings is 1. The zero-order valence-corrected chi connectivity index (χ0v) is 12.1. The molecule has 0 unspecified atom stereocenters. The highest BCUT2D eigenvalue weighted by molar-refractivity contribution is 5.74. The first-order valence-corrected chi connectivity index (χ1v) is 7.80. The van der Waals surface area contributed by atoms with Gasteiger partial charge in [-0.15, -0.1) is 0 Å². The van der Waals surface area contributed by atoms with E-state index in [2.05, 4.69) is 45.5 Å². The molecule has 108 valence electrons. The van der Waals surface area contributed by atoms with E-state index >= 15 is 0 Å². The molecule has 1 saturated heterocycles. The second kappa shape index (κ2) is 5.45. The van der Waals surface area contributed by atoms with Crippen molar-refractivity contribution in [3.8, 4) is 11.3 Å². The molecule has 2 heterocycles. The van der Waals surface area contributed by atoms with E-state index in [1.54, 1.807) is 0 Å². The van der Waals surface area contributed by atoms with Crippen LogP contribution < -0.4 is 10.2 Å². The number of aromatic nitrogens is 2. The van der Waals surface area contributed by atoms with Crippen LogP contribution in [-0.4, -0.2) is 36.1 Å². The molecular formula is C17H20N4. The van der Waals surface area contributed by atoms with Crippen LogP contribution in [0.25, 0.3) is 11.3 Å². The first kappa shape index (κ1) is 12.8. The Hall–Kier alpha value is -1.94. The van der Waals surface area contributed by atoms with Crippen LogP contribution in [0.1, 0.15) is 24.6 Å². The van der Waals surface area contributed by atoms with E-state index in [4.69, 9.17) is 4.98 Å². The molecule has 1 aromatic carbocycles. The quantitative estimate of drug-likeness (QED) is 0.937. The highest BCUT2D eigenvalue weighted by Gasteiger charge is 2.28. The van der Waals surface area contributed by atoms with Crippen molar-refractivity contribution in [2.75, 3.05) is 31.1 Å². The molecule has 4 rings (SSSR count). The fourth-order valence-electron chi connectivity index (χ4n) is 2.87. The number of hydrogen-bond donors (Lipinski definition) is 1. The number of benzene rings is 1. The Morgan fingerprint density at radius 3 is 2.52 bits per heavy atom. The van der Waals surface area contributed by atoms with E-state index in [-0.39, 0.29) is 0 Å². The van der Waals surface area contributed by atoms with Gasteiger partial charge in [-0.05, 0) is 12.8 Å². The molecule has 4 nitrogen and oxygen atoms in total. The SMILES string of the molecule is c1ccc(-c2nc(C3CC3)ncc2N2CCNCC2)cc1. The summed E-state index contributed by atoms with van der Waals surface area (Å²) in [6.07, 6.45) is 4.51. The molecule has 2 aliphatic rings. The van der Waals surface area contributed by atoms with E-state index in [1.807, 2.05) is 6.20 Å². The minimum absolute atomic E-state index is 0.588. The molecule has 4 heteroatoms. The minimum Gasteiger partial charge on any atom is -0.366 e. The van der Waals surface area contributed by atoms with Crippen LogP contribution >= 0.6 is 0 Å². The predicted octanol–water partition coefficient (Wildman–Crippen LogP) is 2.43. The molecule has 0 amide bonds. The maximum absolute atomic E-state index is 4.91. The lowest BCUT2D eigenvalue weighted by Gasteiger charge is -2.30. The lowest BCUT2D eigenvalue weighted by atomic mass is 10.1. The Kier molecular flexibility index (Phi) is 3.31. The first-order valence-electron chi connectivity index (χ1n) is 7.80. The third kappa shape index (κ3) is 2.63.